The van der Waals surface area contributed by atoms with Crippen LogP contribution in [0, 0.1) is 11.8 Å². The molecule has 11 heavy (non-hydrogen) atoms. The van der Waals surface area contributed by atoms with Crippen LogP contribution in [0.5, 0.6) is 0 Å². The molecule has 2 heteroatoms. The molecule has 0 spiro atoms. The molecular formula is C9H19NO. The highest BCUT2D eigenvalue weighted by atomic mass is 16.5. The van der Waals surface area contributed by atoms with Crippen LogP contribution in [0.1, 0.15) is 13.3 Å². The first-order valence-corrected chi connectivity index (χ1v) is 4.41. The Kier molecular flexibility index (Phi) is 3.34. The second kappa shape index (κ2) is 4.07. The van der Waals surface area contributed by atoms with Crippen LogP contribution in [0.2, 0.25) is 0 Å². The third kappa shape index (κ3) is 2.46. The van der Waals surface area contributed by atoms with Gasteiger partial charge in [0.25, 0.3) is 0 Å². The third-order valence-electron chi connectivity index (χ3n) is 2.70. The van der Waals surface area contributed by atoms with Crippen LogP contribution in [-0.2, 0) is 4.74 Å². The number of piperidine rings is 1. The molecule has 0 aromatic heterocycles. The van der Waals surface area contributed by atoms with Gasteiger partial charge in [0.05, 0.1) is 6.61 Å². The molecule has 0 amide bonds. The van der Waals surface area contributed by atoms with Crippen LogP contribution >= 0.6 is 0 Å². The maximum absolute atomic E-state index is 5.17. The molecule has 2 nitrogen and oxygen atoms in total. The van der Waals surface area contributed by atoms with E-state index in [9.17, 15) is 0 Å². The van der Waals surface area contributed by atoms with Crippen molar-refractivity contribution in [2.45, 2.75) is 13.3 Å². The molecule has 0 radical (unpaired) electrons. The zero-order valence-electron chi connectivity index (χ0n) is 7.84. The Bertz CT molecular complexity index is 116. The highest BCUT2D eigenvalue weighted by molar-refractivity contribution is 4.75. The van der Waals surface area contributed by atoms with Crippen molar-refractivity contribution in [2.24, 2.45) is 11.8 Å². The first kappa shape index (κ1) is 9.01. The summed E-state index contributed by atoms with van der Waals surface area (Å²) in [5.74, 6) is 1.59. The molecule has 1 saturated heterocycles. The summed E-state index contributed by atoms with van der Waals surface area (Å²) in [6.45, 7) is 5.71. The lowest BCUT2D eigenvalue weighted by atomic mass is 9.88. The SMILES string of the molecule is COCC1CN(C)CCC1C. The maximum Gasteiger partial charge on any atom is 0.0505 e. The van der Waals surface area contributed by atoms with Gasteiger partial charge in [-0.1, -0.05) is 6.92 Å². The monoisotopic (exact) mass is 157 g/mol. The molecule has 0 aromatic carbocycles. The summed E-state index contributed by atoms with van der Waals surface area (Å²) < 4.78 is 5.17. The maximum atomic E-state index is 5.17. The molecule has 0 N–H and O–H groups in total. The number of hydrogen-bond donors (Lipinski definition) is 0. The van der Waals surface area contributed by atoms with Gasteiger partial charge in [0.2, 0.25) is 0 Å². The summed E-state index contributed by atoms with van der Waals surface area (Å²) in [6, 6.07) is 0. The Labute approximate surface area is 69.5 Å². The van der Waals surface area contributed by atoms with E-state index in [-0.39, 0.29) is 0 Å². The molecule has 2 atom stereocenters. The molecule has 1 fully saturated rings. The van der Waals surface area contributed by atoms with Crippen molar-refractivity contribution in [3.8, 4) is 0 Å². The summed E-state index contributed by atoms with van der Waals surface area (Å²) in [6.07, 6.45) is 1.32. The third-order valence-corrected chi connectivity index (χ3v) is 2.70. The Hall–Kier alpha value is -0.0800. The average molecular weight is 157 g/mol. The summed E-state index contributed by atoms with van der Waals surface area (Å²) in [4.78, 5) is 2.39. The van der Waals surface area contributed by atoms with Gasteiger partial charge in [0.15, 0.2) is 0 Å². The van der Waals surface area contributed by atoms with E-state index < -0.39 is 0 Å². The van der Waals surface area contributed by atoms with E-state index in [2.05, 4.69) is 18.9 Å². The second-order valence-corrected chi connectivity index (χ2v) is 3.74. The van der Waals surface area contributed by atoms with Crippen LogP contribution < -0.4 is 0 Å². The topological polar surface area (TPSA) is 12.5 Å². The number of likely N-dealkylation sites (tertiary alicyclic amines) is 1. The van der Waals surface area contributed by atoms with Crippen molar-refractivity contribution < 1.29 is 4.74 Å². The Morgan fingerprint density at radius 3 is 2.91 bits per heavy atom. The summed E-state index contributed by atoms with van der Waals surface area (Å²) >= 11 is 0. The fraction of sp³-hybridized carbons (Fsp3) is 1.00. The van der Waals surface area contributed by atoms with E-state index in [1.807, 2.05) is 0 Å². The smallest absolute Gasteiger partial charge is 0.0505 e. The fourth-order valence-corrected chi connectivity index (χ4v) is 1.76. The molecule has 0 saturated carbocycles. The van der Waals surface area contributed by atoms with Crippen molar-refractivity contribution in [1.82, 2.24) is 4.90 Å². The predicted octanol–water partition coefficient (Wildman–Crippen LogP) is 1.22. The molecule has 2 unspecified atom stereocenters. The molecule has 66 valence electrons. The lowest BCUT2D eigenvalue weighted by Crippen LogP contribution is -2.38. The van der Waals surface area contributed by atoms with Crippen molar-refractivity contribution in [3.05, 3.63) is 0 Å². The van der Waals surface area contributed by atoms with Gasteiger partial charge in [0.1, 0.15) is 0 Å². The van der Waals surface area contributed by atoms with Gasteiger partial charge in [-0.05, 0) is 31.8 Å². The van der Waals surface area contributed by atoms with Crippen LogP contribution in [0.25, 0.3) is 0 Å². The summed E-state index contributed by atoms with van der Waals surface area (Å²) in [7, 11) is 3.98. The Morgan fingerprint density at radius 2 is 2.27 bits per heavy atom. The van der Waals surface area contributed by atoms with E-state index in [1.54, 1.807) is 7.11 Å². The van der Waals surface area contributed by atoms with Crippen LogP contribution in [0.3, 0.4) is 0 Å². The zero-order valence-corrected chi connectivity index (χ0v) is 7.84. The van der Waals surface area contributed by atoms with Crippen molar-refractivity contribution in [2.75, 3.05) is 33.9 Å². The molecule has 1 rings (SSSR count). The molecule has 0 aromatic rings. The Morgan fingerprint density at radius 1 is 1.55 bits per heavy atom. The molecule has 1 aliphatic rings. The average Bonchev–Trinajstić information content (AvgIpc) is 1.98. The minimum atomic E-state index is 0.749. The minimum absolute atomic E-state index is 0.749. The highest BCUT2D eigenvalue weighted by Gasteiger charge is 2.23. The Balaban J connectivity index is 2.34. The van der Waals surface area contributed by atoms with Crippen molar-refractivity contribution in [3.63, 3.8) is 0 Å². The molecule has 1 aliphatic heterocycles. The lowest BCUT2D eigenvalue weighted by molar-refractivity contribution is 0.0683. The van der Waals surface area contributed by atoms with E-state index in [0.717, 1.165) is 18.4 Å². The normalized spacial score (nSPS) is 34.1. The van der Waals surface area contributed by atoms with E-state index >= 15 is 0 Å². The molecular weight excluding hydrogens is 138 g/mol. The number of rotatable bonds is 2. The number of nitrogens with zero attached hydrogens (tertiary/aromatic N) is 1. The largest absolute Gasteiger partial charge is 0.384 e. The quantitative estimate of drug-likeness (QED) is 0.597. The van der Waals surface area contributed by atoms with Gasteiger partial charge in [-0.3, -0.25) is 0 Å². The van der Waals surface area contributed by atoms with E-state index in [0.29, 0.717) is 0 Å². The zero-order chi connectivity index (χ0) is 8.27. The fourth-order valence-electron chi connectivity index (χ4n) is 1.76. The number of hydrogen-bond acceptors (Lipinski definition) is 2. The standard InChI is InChI=1S/C9H19NO/c1-8-4-5-10(2)6-9(8)7-11-3/h8-9H,4-7H2,1-3H3. The summed E-state index contributed by atoms with van der Waals surface area (Å²) in [5.41, 5.74) is 0. The van der Waals surface area contributed by atoms with E-state index in [4.69, 9.17) is 4.74 Å². The number of ether oxygens (including phenoxy) is 1. The molecule has 0 aliphatic carbocycles. The lowest BCUT2D eigenvalue weighted by Gasteiger charge is -2.34. The van der Waals surface area contributed by atoms with Crippen LogP contribution in [0.4, 0.5) is 0 Å². The van der Waals surface area contributed by atoms with E-state index in [1.165, 1.54) is 19.5 Å². The minimum Gasteiger partial charge on any atom is -0.384 e. The molecule has 1 heterocycles. The second-order valence-electron chi connectivity index (χ2n) is 3.74. The predicted molar refractivity (Wildman–Crippen MR) is 46.6 cm³/mol. The van der Waals surface area contributed by atoms with Crippen LogP contribution in [-0.4, -0.2) is 38.8 Å². The van der Waals surface area contributed by atoms with Crippen molar-refractivity contribution in [1.29, 1.82) is 0 Å². The van der Waals surface area contributed by atoms with Gasteiger partial charge in [-0.2, -0.15) is 0 Å². The van der Waals surface area contributed by atoms with Crippen molar-refractivity contribution >= 4 is 0 Å². The highest BCUT2D eigenvalue weighted by Crippen LogP contribution is 2.21. The van der Waals surface area contributed by atoms with Gasteiger partial charge in [-0.25, -0.2) is 0 Å². The van der Waals surface area contributed by atoms with Gasteiger partial charge >= 0.3 is 0 Å². The van der Waals surface area contributed by atoms with Gasteiger partial charge < -0.3 is 9.64 Å². The van der Waals surface area contributed by atoms with Gasteiger partial charge in [0, 0.05) is 13.7 Å². The first-order valence-electron chi connectivity index (χ1n) is 4.41. The van der Waals surface area contributed by atoms with Crippen LogP contribution in [0.15, 0.2) is 0 Å². The summed E-state index contributed by atoms with van der Waals surface area (Å²) in [5, 5.41) is 0. The first-order chi connectivity index (χ1) is 5.24. The van der Waals surface area contributed by atoms with Gasteiger partial charge in [-0.15, -0.1) is 0 Å². The molecule has 0 bridgehead atoms. The number of methoxy groups -OCH3 is 1.